The highest BCUT2D eigenvalue weighted by Crippen LogP contribution is 2.39. The zero-order valence-electron chi connectivity index (χ0n) is 17.5. The third-order valence-electron chi connectivity index (χ3n) is 5.87. The number of anilines is 1. The van der Waals surface area contributed by atoms with Crippen molar-refractivity contribution >= 4 is 17.0 Å². The monoisotopic (exact) mass is 442 g/mol. The fraction of sp³-hybridized carbons (Fsp3) is 0.364. The standard InChI is InChI=1S/C22H21F3N6O/c1-11-18(12(2)32-31-11)17-8-7-14-15(9-26-20(14)29-17)19-16(22(23,24)25)10-27-21(30-19)28-13-5-3-4-6-13/h7-10,13H,3-6H2,1-2H3,(H,26,29)(H,27,28,30). The third kappa shape index (κ3) is 3.59. The smallest absolute Gasteiger partial charge is 0.361 e. The minimum absolute atomic E-state index is 0.175. The first-order chi connectivity index (χ1) is 15.3. The number of rotatable bonds is 4. The molecule has 4 aromatic rings. The molecule has 0 aromatic carbocycles. The van der Waals surface area contributed by atoms with Gasteiger partial charge in [-0.3, -0.25) is 0 Å². The molecule has 1 aliphatic carbocycles. The number of H-pyrrole nitrogens is 1. The van der Waals surface area contributed by atoms with Crippen molar-refractivity contribution in [3.8, 4) is 22.5 Å². The predicted octanol–water partition coefficient (Wildman–Crippen LogP) is 5.67. The van der Waals surface area contributed by atoms with E-state index in [9.17, 15) is 13.2 Å². The Balaban J connectivity index is 1.60. The van der Waals surface area contributed by atoms with Crippen molar-refractivity contribution in [2.24, 2.45) is 0 Å². The predicted molar refractivity (Wildman–Crippen MR) is 113 cm³/mol. The van der Waals surface area contributed by atoms with Gasteiger partial charge in [-0.15, -0.1) is 0 Å². The Kier molecular flexibility index (Phi) is 4.87. The summed E-state index contributed by atoms with van der Waals surface area (Å²) in [7, 11) is 0. The maximum atomic E-state index is 13.8. The molecule has 4 aromatic heterocycles. The van der Waals surface area contributed by atoms with E-state index in [-0.39, 0.29) is 17.7 Å². The minimum atomic E-state index is -4.59. The molecule has 1 saturated carbocycles. The third-order valence-corrected chi connectivity index (χ3v) is 5.87. The Morgan fingerprint density at radius 2 is 1.91 bits per heavy atom. The summed E-state index contributed by atoms with van der Waals surface area (Å²) in [6.45, 7) is 3.60. The summed E-state index contributed by atoms with van der Waals surface area (Å²) in [5.41, 5.74) is 1.81. The molecule has 0 atom stereocenters. The summed E-state index contributed by atoms with van der Waals surface area (Å²) in [6.07, 6.45) is 1.87. The van der Waals surface area contributed by atoms with Crippen molar-refractivity contribution in [3.05, 3.63) is 41.5 Å². The van der Waals surface area contributed by atoms with Crippen molar-refractivity contribution in [1.29, 1.82) is 0 Å². The van der Waals surface area contributed by atoms with Gasteiger partial charge in [0.2, 0.25) is 5.95 Å². The molecule has 0 radical (unpaired) electrons. The van der Waals surface area contributed by atoms with E-state index < -0.39 is 11.7 Å². The van der Waals surface area contributed by atoms with Crippen molar-refractivity contribution < 1.29 is 17.7 Å². The zero-order valence-corrected chi connectivity index (χ0v) is 17.5. The summed E-state index contributed by atoms with van der Waals surface area (Å²) in [4.78, 5) is 15.8. The van der Waals surface area contributed by atoms with Gasteiger partial charge >= 0.3 is 6.18 Å². The first-order valence-corrected chi connectivity index (χ1v) is 10.4. The van der Waals surface area contributed by atoms with Gasteiger partial charge in [0.15, 0.2) is 0 Å². The van der Waals surface area contributed by atoms with Crippen LogP contribution < -0.4 is 5.32 Å². The van der Waals surface area contributed by atoms with Crippen LogP contribution in [0.3, 0.4) is 0 Å². The number of aromatic nitrogens is 5. The Labute approximate surface area is 181 Å². The second-order valence-electron chi connectivity index (χ2n) is 8.07. The van der Waals surface area contributed by atoms with Crippen molar-refractivity contribution in [3.63, 3.8) is 0 Å². The summed E-state index contributed by atoms with van der Waals surface area (Å²) in [6, 6.07) is 3.67. The lowest BCUT2D eigenvalue weighted by atomic mass is 10.1. The minimum Gasteiger partial charge on any atom is -0.361 e. The molecule has 32 heavy (non-hydrogen) atoms. The molecule has 1 fully saturated rings. The van der Waals surface area contributed by atoms with Crippen molar-refractivity contribution in [2.45, 2.75) is 51.7 Å². The van der Waals surface area contributed by atoms with E-state index in [1.165, 1.54) is 6.20 Å². The number of pyridine rings is 1. The molecule has 166 valence electrons. The zero-order chi connectivity index (χ0) is 22.5. The highest BCUT2D eigenvalue weighted by Gasteiger charge is 2.36. The normalized spacial score (nSPS) is 15.0. The number of hydrogen-bond donors (Lipinski definition) is 2. The van der Waals surface area contributed by atoms with Crippen LogP contribution in [-0.2, 0) is 6.18 Å². The number of fused-ring (bicyclic) bond motifs is 1. The Hall–Kier alpha value is -3.43. The van der Waals surface area contributed by atoms with Crippen LogP contribution in [0.1, 0.15) is 42.7 Å². The van der Waals surface area contributed by atoms with Gasteiger partial charge in [0, 0.05) is 29.4 Å². The number of alkyl halides is 3. The molecule has 0 amide bonds. The number of aromatic amines is 1. The number of aryl methyl sites for hydroxylation is 2. The molecule has 10 heteroatoms. The van der Waals surface area contributed by atoms with Gasteiger partial charge in [0.1, 0.15) is 17.0 Å². The summed E-state index contributed by atoms with van der Waals surface area (Å²) in [5.74, 6) is 0.827. The SMILES string of the molecule is Cc1noc(C)c1-c1ccc2c(-c3nc(NC4CCCC4)ncc3C(F)(F)F)c[nH]c2n1. The van der Waals surface area contributed by atoms with E-state index in [2.05, 4.69) is 30.4 Å². The summed E-state index contributed by atoms with van der Waals surface area (Å²) >= 11 is 0. The quantitative estimate of drug-likeness (QED) is 0.423. The molecule has 0 unspecified atom stereocenters. The van der Waals surface area contributed by atoms with Gasteiger partial charge in [0.25, 0.3) is 0 Å². The maximum absolute atomic E-state index is 13.8. The lowest BCUT2D eigenvalue weighted by Crippen LogP contribution is -2.18. The summed E-state index contributed by atoms with van der Waals surface area (Å²) in [5, 5.41) is 7.66. The lowest BCUT2D eigenvalue weighted by molar-refractivity contribution is -0.137. The van der Waals surface area contributed by atoms with E-state index in [1.54, 1.807) is 19.1 Å². The van der Waals surface area contributed by atoms with Crippen LogP contribution >= 0.6 is 0 Å². The van der Waals surface area contributed by atoms with E-state index in [0.29, 0.717) is 33.7 Å². The Morgan fingerprint density at radius 1 is 1.12 bits per heavy atom. The van der Waals surface area contributed by atoms with Crippen LogP contribution in [0.2, 0.25) is 0 Å². The van der Waals surface area contributed by atoms with Crippen LogP contribution in [0, 0.1) is 13.8 Å². The van der Waals surface area contributed by atoms with Crippen LogP contribution in [0.5, 0.6) is 0 Å². The molecule has 2 N–H and O–H groups in total. The van der Waals surface area contributed by atoms with Crippen LogP contribution in [-0.4, -0.2) is 31.1 Å². The number of nitrogens with one attached hydrogen (secondary N) is 2. The fourth-order valence-corrected chi connectivity index (χ4v) is 4.31. The molecule has 4 heterocycles. The molecule has 0 spiro atoms. The number of halogens is 3. The second kappa shape index (κ2) is 7.61. The van der Waals surface area contributed by atoms with E-state index >= 15 is 0 Å². The number of nitrogens with zero attached hydrogens (tertiary/aromatic N) is 4. The van der Waals surface area contributed by atoms with Gasteiger partial charge < -0.3 is 14.8 Å². The van der Waals surface area contributed by atoms with Crippen molar-refractivity contribution in [1.82, 2.24) is 25.1 Å². The van der Waals surface area contributed by atoms with E-state index in [4.69, 9.17) is 4.52 Å². The Bertz CT molecular complexity index is 1270. The van der Waals surface area contributed by atoms with Gasteiger partial charge in [-0.2, -0.15) is 13.2 Å². The highest BCUT2D eigenvalue weighted by molar-refractivity contribution is 5.94. The average molecular weight is 442 g/mol. The van der Waals surface area contributed by atoms with E-state index in [1.807, 2.05) is 6.92 Å². The van der Waals surface area contributed by atoms with Crippen LogP contribution in [0.25, 0.3) is 33.5 Å². The highest BCUT2D eigenvalue weighted by atomic mass is 19.4. The maximum Gasteiger partial charge on any atom is 0.419 e. The second-order valence-corrected chi connectivity index (χ2v) is 8.07. The fourth-order valence-electron chi connectivity index (χ4n) is 4.31. The molecule has 0 bridgehead atoms. The lowest BCUT2D eigenvalue weighted by Gasteiger charge is -2.15. The largest absolute Gasteiger partial charge is 0.419 e. The van der Waals surface area contributed by atoms with Crippen molar-refractivity contribution in [2.75, 3.05) is 5.32 Å². The summed E-state index contributed by atoms with van der Waals surface area (Å²) < 4.78 is 46.5. The average Bonchev–Trinajstić information content (AvgIpc) is 3.47. The molecular formula is C22H21F3N6O. The molecule has 5 rings (SSSR count). The number of hydrogen-bond acceptors (Lipinski definition) is 6. The van der Waals surface area contributed by atoms with Gasteiger partial charge in [-0.1, -0.05) is 18.0 Å². The van der Waals surface area contributed by atoms with Crippen LogP contribution in [0.15, 0.2) is 29.0 Å². The first kappa shape index (κ1) is 20.5. The molecule has 0 saturated heterocycles. The van der Waals surface area contributed by atoms with E-state index in [0.717, 1.165) is 37.4 Å². The Morgan fingerprint density at radius 3 is 2.59 bits per heavy atom. The first-order valence-electron chi connectivity index (χ1n) is 10.4. The van der Waals surface area contributed by atoms with Gasteiger partial charge in [-0.25, -0.2) is 15.0 Å². The van der Waals surface area contributed by atoms with Crippen LogP contribution in [0.4, 0.5) is 19.1 Å². The van der Waals surface area contributed by atoms with Gasteiger partial charge in [0.05, 0.1) is 22.6 Å². The van der Waals surface area contributed by atoms with Gasteiger partial charge in [-0.05, 0) is 38.8 Å². The topological polar surface area (TPSA) is 92.5 Å². The molecular weight excluding hydrogens is 421 g/mol. The molecule has 1 aliphatic rings. The molecule has 0 aliphatic heterocycles. The molecule has 7 nitrogen and oxygen atoms in total.